The molecule has 0 aliphatic heterocycles. The van der Waals surface area contributed by atoms with Crippen molar-refractivity contribution in [3.63, 3.8) is 0 Å². The Bertz CT molecular complexity index is 722. The molecule has 0 fully saturated rings. The minimum absolute atomic E-state index is 0.0985. The summed E-state index contributed by atoms with van der Waals surface area (Å²) < 4.78 is 0. The lowest BCUT2D eigenvalue weighted by molar-refractivity contribution is -0.383. The quantitative estimate of drug-likeness (QED) is 0.528. The van der Waals surface area contributed by atoms with Crippen molar-refractivity contribution < 1.29 is 4.92 Å². The standard InChI is InChI=1S/C15H14N4O2/c1-18(10-12-4-2-3-11(7-12)9-16)13-5-6-15(19(20)21)14(17)8-13/h2-8H,10,17H2,1H3. The van der Waals surface area contributed by atoms with Gasteiger partial charge in [0.25, 0.3) is 5.69 Å². The molecule has 0 heterocycles. The first-order valence-electron chi connectivity index (χ1n) is 6.25. The average Bonchev–Trinajstić information content (AvgIpc) is 2.46. The van der Waals surface area contributed by atoms with Crippen LogP contribution in [0, 0.1) is 21.4 Å². The van der Waals surface area contributed by atoms with E-state index >= 15 is 0 Å². The lowest BCUT2D eigenvalue weighted by Gasteiger charge is -2.19. The third-order valence-corrected chi connectivity index (χ3v) is 3.12. The summed E-state index contributed by atoms with van der Waals surface area (Å²) >= 11 is 0. The summed E-state index contributed by atoms with van der Waals surface area (Å²) in [5.41, 5.74) is 8.08. The van der Waals surface area contributed by atoms with Crippen LogP contribution in [0.3, 0.4) is 0 Å². The zero-order valence-corrected chi connectivity index (χ0v) is 11.5. The first kappa shape index (κ1) is 14.3. The minimum atomic E-state index is -0.504. The molecule has 106 valence electrons. The average molecular weight is 282 g/mol. The largest absolute Gasteiger partial charge is 0.393 e. The van der Waals surface area contributed by atoms with E-state index in [1.54, 1.807) is 18.2 Å². The van der Waals surface area contributed by atoms with E-state index in [-0.39, 0.29) is 11.4 Å². The van der Waals surface area contributed by atoms with Gasteiger partial charge in [0, 0.05) is 25.3 Å². The Kier molecular flexibility index (Phi) is 4.05. The number of nitriles is 1. The Hall–Kier alpha value is -3.07. The maximum atomic E-state index is 10.7. The molecule has 0 saturated heterocycles. The molecule has 0 bridgehead atoms. The summed E-state index contributed by atoms with van der Waals surface area (Å²) in [5.74, 6) is 0. The van der Waals surface area contributed by atoms with Crippen molar-refractivity contribution in [3.8, 4) is 6.07 Å². The summed E-state index contributed by atoms with van der Waals surface area (Å²) in [5, 5.41) is 19.6. The van der Waals surface area contributed by atoms with Crippen LogP contribution in [0.5, 0.6) is 0 Å². The van der Waals surface area contributed by atoms with Crippen molar-refractivity contribution in [3.05, 3.63) is 63.7 Å². The number of hydrogen-bond donors (Lipinski definition) is 1. The van der Waals surface area contributed by atoms with Crippen LogP contribution in [0.1, 0.15) is 11.1 Å². The number of benzene rings is 2. The van der Waals surface area contributed by atoms with Gasteiger partial charge in [-0.2, -0.15) is 5.26 Å². The molecule has 0 atom stereocenters. The van der Waals surface area contributed by atoms with Crippen LogP contribution in [0.4, 0.5) is 17.1 Å². The van der Waals surface area contributed by atoms with Crippen molar-refractivity contribution in [1.82, 2.24) is 0 Å². The highest BCUT2D eigenvalue weighted by Crippen LogP contribution is 2.27. The van der Waals surface area contributed by atoms with Gasteiger partial charge in [-0.3, -0.25) is 10.1 Å². The number of nitrogens with two attached hydrogens (primary N) is 1. The first-order chi connectivity index (χ1) is 10.0. The number of nitrogen functional groups attached to an aromatic ring is 1. The van der Waals surface area contributed by atoms with Gasteiger partial charge in [-0.15, -0.1) is 0 Å². The second kappa shape index (κ2) is 5.92. The number of hydrogen-bond acceptors (Lipinski definition) is 5. The monoisotopic (exact) mass is 282 g/mol. The molecule has 0 spiro atoms. The molecule has 2 N–H and O–H groups in total. The maximum Gasteiger partial charge on any atom is 0.292 e. The van der Waals surface area contributed by atoms with Crippen LogP contribution in [0.25, 0.3) is 0 Å². The van der Waals surface area contributed by atoms with Gasteiger partial charge in [-0.25, -0.2) is 0 Å². The fourth-order valence-corrected chi connectivity index (χ4v) is 2.05. The number of nitrogens with zero attached hydrogens (tertiary/aromatic N) is 3. The zero-order valence-electron chi connectivity index (χ0n) is 11.5. The Morgan fingerprint density at radius 2 is 2.10 bits per heavy atom. The summed E-state index contributed by atoms with van der Waals surface area (Å²) in [6.07, 6.45) is 0. The SMILES string of the molecule is CN(Cc1cccc(C#N)c1)c1ccc([N+](=O)[O-])c(N)c1. The summed E-state index contributed by atoms with van der Waals surface area (Å²) in [4.78, 5) is 12.2. The van der Waals surface area contributed by atoms with E-state index in [1.165, 1.54) is 6.07 Å². The van der Waals surface area contributed by atoms with Crippen LogP contribution in [0.15, 0.2) is 42.5 Å². The fraction of sp³-hybridized carbons (Fsp3) is 0.133. The molecule has 21 heavy (non-hydrogen) atoms. The summed E-state index contributed by atoms with van der Waals surface area (Å²) in [6.45, 7) is 0.576. The van der Waals surface area contributed by atoms with Crippen molar-refractivity contribution in [2.45, 2.75) is 6.54 Å². The molecule has 0 amide bonds. The molecule has 0 aliphatic carbocycles. The van der Waals surface area contributed by atoms with E-state index in [2.05, 4.69) is 6.07 Å². The molecule has 2 rings (SSSR count). The highest BCUT2D eigenvalue weighted by atomic mass is 16.6. The molecular weight excluding hydrogens is 268 g/mol. The van der Waals surface area contributed by atoms with Gasteiger partial charge in [0.2, 0.25) is 0 Å². The number of anilines is 2. The van der Waals surface area contributed by atoms with E-state index in [9.17, 15) is 10.1 Å². The molecule has 0 unspecified atom stereocenters. The van der Waals surface area contributed by atoms with Gasteiger partial charge in [0.1, 0.15) is 5.69 Å². The smallest absolute Gasteiger partial charge is 0.292 e. The Labute approximate surface area is 122 Å². The number of rotatable bonds is 4. The van der Waals surface area contributed by atoms with Gasteiger partial charge in [0.05, 0.1) is 16.6 Å². The van der Waals surface area contributed by atoms with Gasteiger partial charge >= 0.3 is 0 Å². The summed E-state index contributed by atoms with van der Waals surface area (Å²) in [7, 11) is 1.86. The van der Waals surface area contributed by atoms with E-state index in [0.29, 0.717) is 12.1 Å². The number of nitro benzene ring substituents is 1. The van der Waals surface area contributed by atoms with Crippen molar-refractivity contribution in [2.24, 2.45) is 0 Å². The van der Waals surface area contributed by atoms with Gasteiger partial charge in [0.15, 0.2) is 0 Å². The van der Waals surface area contributed by atoms with E-state index in [4.69, 9.17) is 11.0 Å². The normalized spacial score (nSPS) is 9.90. The maximum absolute atomic E-state index is 10.7. The minimum Gasteiger partial charge on any atom is -0.393 e. The highest BCUT2D eigenvalue weighted by Gasteiger charge is 2.13. The predicted octanol–water partition coefficient (Wildman–Crippen LogP) is 2.69. The molecule has 6 heteroatoms. The second-order valence-corrected chi connectivity index (χ2v) is 4.67. The predicted molar refractivity (Wildman–Crippen MR) is 80.8 cm³/mol. The van der Waals surface area contributed by atoms with E-state index in [0.717, 1.165) is 11.3 Å². The van der Waals surface area contributed by atoms with Crippen LogP contribution in [0.2, 0.25) is 0 Å². The second-order valence-electron chi connectivity index (χ2n) is 4.67. The van der Waals surface area contributed by atoms with E-state index < -0.39 is 4.92 Å². The zero-order chi connectivity index (χ0) is 15.4. The van der Waals surface area contributed by atoms with Crippen molar-refractivity contribution in [1.29, 1.82) is 5.26 Å². The lowest BCUT2D eigenvalue weighted by Crippen LogP contribution is -2.16. The molecule has 6 nitrogen and oxygen atoms in total. The Morgan fingerprint density at radius 3 is 2.71 bits per heavy atom. The third kappa shape index (κ3) is 3.28. The molecule has 0 aromatic heterocycles. The van der Waals surface area contributed by atoms with Gasteiger partial charge in [-0.05, 0) is 29.8 Å². The van der Waals surface area contributed by atoms with Gasteiger partial charge < -0.3 is 10.6 Å². The number of nitro groups is 1. The third-order valence-electron chi connectivity index (χ3n) is 3.12. The molecule has 2 aromatic rings. The van der Waals surface area contributed by atoms with Gasteiger partial charge in [-0.1, -0.05) is 12.1 Å². The molecular formula is C15H14N4O2. The van der Waals surface area contributed by atoms with Crippen LogP contribution >= 0.6 is 0 Å². The Balaban J connectivity index is 2.20. The fourth-order valence-electron chi connectivity index (χ4n) is 2.05. The molecule has 0 saturated carbocycles. The van der Waals surface area contributed by atoms with Crippen LogP contribution in [-0.4, -0.2) is 12.0 Å². The molecule has 2 aromatic carbocycles. The van der Waals surface area contributed by atoms with Crippen LogP contribution < -0.4 is 10.6 Å². The topological polar surface area (TPSA) is 96.2 Å². The summed E-state index contributed by atoms with van der Waals surface area (Å²) in [6, 6.07) is 14.0. The lowest BCUT2D eigenvalue weighted by atomic mass is 10.1. The van der Waals surface area contributed by atoms with Crippen molar-refractivity contribution in [2.75, 3.05) is 17.7 Å². The van der Waals surface area contributed by atoms with Crippen LogP contribution in [-0.2, 0) is 6.54 Å². The van der Waals surface area contributed by atoms with Crippen molar-refractivity contribution >= 4 is 17.1 Å². The Morgan fingerprint density at radius 1 is 1.33 bits per heavy atom. The molecule has 0 aliphatic rings. The first-order valence-corrected chi connectivity index (χ1v) is 6.25. The molecule has 0 radical (unpaired) electrons. The van der Waals surface area contributed by atoms with E-state index in [1.807, 2.05) is 30.1 Å². The highest BCUT2D eigenvalue weighted by molar-refractivity contribution is 5.66.